The van der Waals surface area contributed by atoms with Crippen LogP contribution in [0, 0.1) is 5.92 Å². The Bertz CT molecular complexity index is 717. The van der Waals surface area contributed by atoms with Crippen molar-refractivity contribution in [1.29, 1.82) is 0 Å². The summed E-state index contributed by atoms with van der Waals surface area (Å²) in [7, 11) is 0. The van der Waals surface area contributed by atoms with Gasteiger partial charge >= 0.3 is 0 Å². The van der Waals surface area contributed by atoms with Crippen LogP contribution in [-0.4, -0.2) is 41.4 Å². The molecule has 5 heteroatoms. The van der Waals surface area contributed by atoms with Gasteiger partial charge in [-0.05, 0) is 18.9 Å². The molecule has 2 heterocycles. The molecule has 2 aromatic rings. The Hall–Kier alpha value is -2.30. The summed E-state index contributed by atoms with van der Waals surface area (Å²) in [4.78, 5) is 28.2. The first-order chi connectivity index (χ1) is 10.2. The van der Waals surface area contributed by atoms with Gasteiger partial charge in [-0.1, -0.05) is 18.2 Å². The van der Waals surface area contributed by atoms with Crippen molar-refractivity contribution >= 4 is 22.8 Å². The Balaban J connectivity index is 1.54. The number of fused-ring (bicyclic) bond motifs is 1. The lowest BCUT2D eigenvalue weighted by molar-refractivity contribution is -0.131. The first-order valence-corrected chi connectivity index (χ1v) is 7.28. The first-order valence-electron chi connectivity index (χ1n) is 7.28. The Morgan fingerprint density at radius 3 is 2.67 bits per heavy atom. The molecule has 1 saturated heterocycles. The lowest BCUT2D eigenvalue weighted by Crippen LogP contribution is -2.34. The highest BCUT2D eigenvalue weighted by atomic mass is 16.3. The van der Waals surface area contributed by atoms with Gasteiger partial charge in [-0.2, -0.15) is 0 Å². The highest BCUT2D eigenvalue weighted by Crippen LogP contribution is 2.32. The molecular formula is C16H16N2O3. The van der Waals surface area contributed by atoms with Crippen LogP contribution in [0.5, 0.6) is 0 Å². The number of benzene rings is 1. The van der Waals surface area contributed by atoms with Crippen molar-refractivity contribution in [3.63, 3.8) is 0 Å². The summed E-state index contributed by atoms with van der Waals surface area (Å²) in [6.45, 7) is 1.63. The molecule has 4 rings (SSSR count). The molecule has 0 bridgehead atoms. The van der Waals surface area contributed by atoms with Crippen molar-refractivity contribution in [2.75, 3.05) is 19.8 Å². The van der Waals surface area contributed by atoms with E-state index in [0.29, 0.717) is 30.9 Å². The van der Waals surface area contributed by atoms with E-state index in [4.69, 9.17) is 4.42 Å². The Labute approximate surface area is 122 Å². The summed E-state index contributed by atoms with van der Waals surface area (Å²) in [6, 6.07) is 7.50. The fourth-order valence-electron chi connectivity index (χ4n) is 2.84. The summed E-state index contributed by atoms with van der Waals surface area (Å²) in [5.74, 6) is 0.336. The summed E-state index contributed by atoms with van der Waals surface area (Å²) >= 11 is 0. The molecule has 0 N–H and O–H groups in total. The van der Waals surface area contributed by atoms with Crippen LogP contribution in [0.4, 0.5) is 0 Å². The summed E-state index contributed by atoms with van der Waals surface area (Å²) < 4.78 is 5.42. The SMILES string of the molecule is O=C(c1coc2ccccc12)N1CCN(C(=O)C2CC2)C1. The molecule has 0 unspecified atom stereocenters. The van der Waals surface area contributed by atoms with E-state index in [0.717, 1.165) is 18.2 Å². The van der Waals surface area contributed by atoms with Crippen LogP contribution in [0.2, 0.25) is 0 Å². The predicted molar refractivity (Wildman–Crippen MR) is 76.6 cm³/mol. The zero-order chi connectivity index (χ0) is 14.4. The monoisotopic (exact) mass is 284 g/mol. The van der Waals surface area contributed by atoms with Crippen LogP contribution in [0.3, 0.4) is 0 Å². The van der Waals surface area contributed by atoms with E-state index >= 15 is 0 Å². The molecule has 2 amide bonds. The van der Waals surface area contributed by atoms with Gasteiger partial charge in [0.15, 0.2) is 0 Å². The van der Waals surface area contributed by atoms with Crippen LogP contribution < -0.4 is 0 Å². The van der Waals surface area contributed by atoms with Crippen molar-refractivity contribution < 1.29 is 14.0 Å². The molecule has 1 aromatic heterocycles. The number of furan rings is 1. The third kappa shape index (κ3) is 2.09. The van der Waals surface area contributed by atoms with Crippen molar-refractivity contribution in [2.24, 2.45) is 5.92 Å². The first kappa shape index (κ1) is 12.4. The van der Waals surface area contributed by atoms with Crippen LogP contribution >= 0.6 is 0 Å². The standard InChI is InChI=1S/C16H16N2O3/c19-15(11-5-6-11)17-7-8-18(10-17)16(20)13-9-21-14-4-2-1-3-12(13)14/h1-4,9,11H,5-8,10H2. The molecule has 1 aliphatic heterocycles. The van der Waals surface area contributed by atoms with Crippen LogP contribution in [0.15, 0.2) is 34.9 Å². The second kappa shape index (κ2) is 4.62. The second-order valence-corrected chi connectivity index (χ2v) is 5.73. The van der Waals surface area contributed by atoms with Crippen LogP contribution in [-0.2, 0) is 4.79 Å². The number of para-hydroxylation sites is 1. The quantitative estimate of drug-likeness (QED) is 0.848. The molecule has 1 aliphatic carbocycles. The molecule has 108 valence electrons. The van der Waals surface area contributed by atoms with Crippen molar-refractivity contribution in [3.05, 3.63) is 36.1 Å². The second-order valence-electron chi connectivity index (χ2n) is 5.73. The van der Waals surface area contributed by atoms with Crippen LogP contribution in [0.25, 0.3) is 11.0 Å². The third-order valence-corrected chi connectivity index (χ3v) is 4.22. The zero-order valence-corrected chi connectivity index (χ0v) is 11.6. The highest BCUT2D eigenvalue weighted by Gasteiger charge is 2.37. The molecule has 0 atom stereocenters. The van der Waals surface area contributed by atoms with E-state index in [-0.39, 0.29) is 17.7 Å². The average molecular weight is 284 g/mol. The van der Waals surface area contributed by atoms with E-state index in [2.05, 4.69) is 0 Å². The molecule has 2 aliphatic rings. The van der Waals surface area contributed by atoms with E-state index in [1.54, 1.807) is 9.80 Å². The van der Waals surface area contributed by atoms with Crippen molar-refractivity contribution in [3.8, 4) is 0 Å². The van der Waals surface area contributed by atoms with Gasteiger partial charge in [0.1, 0.15) is 11.8 Å². The van der Waals surface area contributed by atoms with Gasteiger partial charge in [0, 0.05) is 24.4 Å². The Kier molecular flexibility index (Phi) is 2.74. The number of hydrogen-bond acceptors (Lipinski definition) is 3. The minimum atomic E-state index is -0.0638. The maximum Gasteiger partial charge on any atom is 0.259 e. The molecular weight excluding hydrogens is 268 g/mol. The largest absolute Gasteiger partial charge is 0.463 e. The lowest BCUT2D eigenvalue weighted by Gasteiger charge is -2.17. The van der Waals surface area contributed by atoms with E-state index in [1.807, 2.05) is 24.3 Å². The van der Waals surface area contributed by atoms with Crippen molar-refractivity contribution in [2.45, 2.75) is 12.8 Å². The molecule has 1 aromatic carbocycles. The minimum Gasteiger partial charge on any atom is -0.463 e. The smallest absolute Gasteiger partial charge is 0.259 e. The Morgan fingerprint density at radius 1 is 1.10 bits per heavy atom. The summed E-state index contributed by atoms with van der Waals surface area (Å²) in [5.41, 5.74) is 1.29. The van der Waals surface area contributed by atoms with E-state index in [9.17, 15) is 9.59 Å². The average Bonchev–Trinajstić information content (AvgIpc) is 3.09. The number of rotatable bonds is 2. The molecule has 21 heavy (non-hydrogen) atoms. The van der Waals surface area contributed by atoms with Crippen molar-refractivity contribution in [1.82, 2.24) is 9.80 Å². The maximum atomic E-state index is 12.6. The maximum absolute atomic E-state index is 12.6. The lowest BCUT2D eigenvalue weighted by atomic mass is 10.1. The molecule has 0 radical (unpaired) electrons. The predicted octanol–water partition coefficient (Wildman–Crippen LogP) is 2.08. The van der Waals surface area contributed by atoms with Gasteiger partial charge in [0.25, 0.3) is 5.91 Å². The number of nitrogens with zero attached hydrogens (tertiary/aromatic N) is 2. The zero-order valence-electron chi connectivity index (χ0n) is 11.6. The number of carbonyl (C=O) groups is 2. The number of amides is 2. The van der Waals surface area contributed by atoms with Crippen LogP contribution in [0.1, 0.15) is 23.2 Å². The minimum absolute atomic E-state index is 0.0638. The summed E-state index contributed by atoms with van der Waals surface area (Å²) in [5, 5.41) is 0.828. The molecule has 0 spiro atoms. The van der Waals surface area contributed by atoms with Gasteiger partial charge in [-0.3, -0.25) is 9.59 Å². The normalized spacial score (nSPS) is 18.5. The van der Waals surface area contributed by atoms with Gasteiger partial charge in [-0.25, -0.2) is 0 Å². The van der Waals surface area contributed by atoms with Gasteiger partial charge in [0.2, 0.25) is 5.91 Å². The van der Waals surface area contributed by atoms with Gasteiger partial charge < -0.3 is 14.2 Å². The van der Waals surface area contributed by atoms with E-state index in [1.165, 1.54) is 6.26 Å². The molecule has 5 nitrogen and oxygen atoms in total. The Morgan fingerprint density at radius 2 is 1.86 bits per heavy atom. The molecule has 2 fully saturated rings. The number of hydrogen-bond donors (Lipinski definition) is 0. The fraction of sp³-hybridized carbons (Fsp3) is 0.375. The van der Waals surface area contributed by atoms with E-state index < -0.39 is 0 Å². The summed E-state index contributed by atoms with van der Waals surface area (Å²) in [6.07, 6.45) is 3.50. The topological polar surface area (TPSA) is 53.8 Å². The molecule has 1 saturated carbocycles. The third-order valence-electron chi connectivity index (χ3n) is 4.22. The van der Waals surface area contributed by atoms with Gasteiger partial charge in [-0.15, -0.1) is 0 Å². The highest BCUT2D eigenvalue weighted by molar-refractivity contribution is 6.06. The fourth-order valence-corrected chi connectivity index (χ4v) is 2.84. The van der Waals surface area contributed by atoms with Gasteiger partial charge in [0.05, 0.1) is 12.2 Å². The number of carbonyl (C=O) groups excluding carboxylic acids is 2.